The second kappa shape index (κ2) is 5.72. The zero-order valence-corrected chi connectivity index (χ0v) is 11.1. The van der Waals surface area contributed by atoms with E-state index in [1.54, 1.807) is 0 Å². The van der Waals surface area contributed by atoms with Crippen molar-refractivity contribution in [2.45, 2.75) is 25.3 Å². The Hall–Kier alpha value is -1.39. The highest BCUT2D eigenvalue weighted by Gasteiger charge is 2.16. The molecule has 2 N–H and O–H groups in total. The van der Waals surface area contributed by atoms with E-state index in [0.717, 1.165) is 31.6 Å². The monoisotopic (exact) mass is 260 g/mol. The van der Waals surface area contributed by atoms with Gasteiger partial charge in [0.25, 0.3) is 5.91 Å². The van der Waals surface area contributed by atoms with Crippen LogP contribution in [0, 0.1) is 0 Å². The summed E-state index contributed by atoms with van der Waals surface area (Å²) in [4.78, 5) is 12.1. The molecule has 102 valence electrons. The summed E-state index contributed by atoms with van der Waals surface area (Å²) in [5.41, 5.74) is 3.52. The van der Waals surface area contributed by atoms with E-state index in [1.165, 1.54) is 17.5 Å². The molecule has 2 aliphatic rings. The van der Waals surface area contributed by atoms with Gasteiger partial charge in [-0.1, -0.05) is 6.07 Å². The first-order valence-corrected chi connectivity index (χ1v) is 7.04. The largest absolute Gasteiger partial charge is 0.378 e. The summed E-state index contributed by atoms with van der Waals surface area (Å²) < 4.78 is 5.37. The molecule has 4 heteroatoms. The molecule has 19 heavy (non-hydrogen) atoms. The first-order valence-electron chi connectivity index (χ1n) is 7.04. The average Bonchev–Trinajstić information content (AvgIpc) is 2.93. The molecule has 1 aliphatic heterocycles. The molecular formula is C15H20N2O2. The van der Waals surface area contributed by atoms with E-state index in [0.29, 0.717) is 13.2 Å². The Bertz CT molecular complexity index is 467. The van der Waals surface area contributed by atoms with Crippen LogP contribution in [0.3, 0.4) is 0 Å². The minimum atomic E-state index is 0.0158. The Kier molecular flexibility index (Phi) is 3.80. The minimum absolute atomic E-state index is 0.0158. The van der Waals surface area contributed by atoms with Gasteiger partial charge in [-0.25, -0.2) is 0 Å². The van der Waals surface area contributed by atoms with E-state index >= 15 is 0 Å². The average molecular weight is 260 g/mol. The summed E-state index contributed by atoms with van der Waals surface area (Å²) in [6.45, 7) is 2.91. The molecule has 1 aliphatic carbocycles. The van der Waals surface area contributed by atoms with Crippen LogP contribution in [-0.2, 0) is 17.6 Å². The molecule has 4 nitrogen and oxygen atoms in total. The fourth-order valence-corrected chi connectivity index (χ4v) is 2.78. The Labute approximate surface area is 113 Å². The van der Waals surface area contributed by atoms with E-state index < -0.39 is 0 Å². The second-order valence-corrected chi connectivity index (χ2v) is 5.27. The summed E-state index contributed by atoms with van der Waals surface area (Å²) in [7, 11) is 0. The quantitative estimate of drug-likeness (QED) is 0.849. The van der Waals surface area contributed by atoms with Crippen molar-refractivity contribution < 1.29 is 9.53 Å². The lowest BCUT2D eigenvalue weighted by atomic mass is 10.1. The van der Waals surface area contributed by atoms with Gasteiger partial charge >= 0.3 is 0 Å². The van der Waals surface area contributed by atoms with Crippen LogP contribution in [0.2, 0.25) is 0 Å². The molecule has 1 saturated heterocycles. The highest BCUT2D eigenvalue weighted by molar-refractivity contribution is 5.94. The van der Waals surface area contributed by atoms with Gasteiger partial charge in [-0.05, 0) is 42.5 Å². The van der Waals surface area contributed by atoms with Crippen LogP contribution in [0.4, 0.5) is 0 Å². The van der Waals surface area contributed by atoms with Crippen LogP contribution in [0.1, 0.15) is 27.9 Å². The van der Waals surface area contributed by atoms with Crippen LogP contribution in [0.15, 0.2) is 18.2 Å². The number of amides is 1. The van der Waals surface area contributed by atoms with E-state index in [4.69, 9.17) is 4.74 Å². The molecule has 1 aromatic carbocycles. The first-order chi connectivity index (χ1) is 9.33. The molecule has 0 spiro atoms. The highest BCUT2D eigenvalue weighted by Crippen LogP contribution is 2.22. The molecule has 1 unspecified atom stereocenters. The van der Waals surface area contributed by atoms with E-state index in [9.17, 15) is 4.79 Å². The lowest BCUT2D eigenvalue weighted by Gasteiger charge is -2.23. The third kappa shape index (κ3) is 2.96. The Morgan fingerprint density at radius 1 is 1.37 bits per heavy atom. The Morgan fingerprint density at radius 2 is 2.26 bits per heavy atom. The van der Waals surface area contributed by atoms with Crippen molar-refractivity contribution in [2.75, 3.05) is 26.3 Å². The maximum absolute atomic E-state index is 12.1. The van der Waals surface area contributed by atoms with Crippen LogP contribution in [-0.4, -0.2) is 38.3 Å². The lowest BCUT2D eigenvalue weighted by Crippen LogP contribution is -2.48. The van der Waals surface area contributed by atoms with Gasteiger partial charge in [0, 0.05) is 24.7 Å². The van der Waals surface area contributed by atoms with Gasteiger partial charge in [-0.15, -0.1) is 0 Å². The summed E-state index contributed by atoms with van der Waals surface area (Å²) >= 11 is 0. The third-order valence-corrected chi connectivity index (χ3v) is 3.87. The molecule has 0 bridgehead atoms. The SMILES string of the molecule is O=C(NCC1COCCN1)c1ccc2c(c1)CCC2. The molecule has 1 aromatic rings. The van der Waals surface area contributed by atoms with Gasteiger partial charge in [0.05, 0.1) is 13.2 Å². The molecule has 0 radical (unpaired) electrons. The number of rotatable bonds is 3. The normalized spacial score (nSPS) is 22.0. The topological polar surface area (TPSA) is 50.4 Å². The molecule has 0 aromatic heterocycles. The number of fused-ring (bicyclic) bond motifs is 1. The molecule has 0 saturated carbocycles. The Balaban J connectivity index is 1.57. The molecule has 3 rings (SSSR count). The number of hydrogen-bond acceptors (Lipinski definition) is 3. The summed E-state index contributed by atoms with van der Waals surface area (Å²) in [5, 5.41) is 6.31. The van der Waals surface area contributed by atoms with Crippen molar-refractivity contribution in [3.05, 3.63) is 34.9 Å². The maximum Gasteiger partial charge on any atom is 0.251 e. The number of carbonyl (C=O) groups is 1. The molecule has 1 atom stereocenters. The molecule has 1 heterocycles. The van der Waals surface area contributed by atoms with E-state index in [2.05, 4.69) is 16.7 Å². The van der Waals surface area contributed by atoms with Crippen LogP contribution in [0.5, 0.6) is 0 Å². The predicted molar refractivity (Wildman–Crippen MR) is 73.4 cm³/mol. The number of ether oxygens (including phenoxy) is 1. The standard InChI is InChI=1S/C15H20N2O2/c18-15(17-9-14-10-19-7-6-16-14)13-5-4-11-2-1-3-12(11)8-13/h4-5,8,14,16H,1-3,6-7,9-10H2,(H,17,18). The minimum Gasteiger partial charge on any atom is -0.378 e. The molecule has 1 amide bonds. The number of nitrogens with one attached hydrogen (secondary N) is 2. The van der Waals surface area contributed by atoms with Crippen LogP contribution < -0.4 is 10.6 Å². The molecular weight excluding hydrogens is 240 g/mol. The summed E-state index contributed by atoms with van der Waals surface area (Å²) in [6.07, 6.45) is 3.47. The fourth-order valence-electron chi connectivity index (χ4n) is 2.78. The van der Waals surface area contributed by atoms with Crippen LogP contribution >= 0.6 is 0 Å². The van der Waals surface area contributed by atoms with Crippen molar-refractivity contribution >= 4 is 5.91 Å². The third-order valence-electron chi connectivity index (χ3n) is 3.87. The number of hydrogen-bond donors (Lipinski definition) is 2. The molecule has 1 fully saturated rings. The number of benzene rings is 1. The zero-order valence-electron chi connectivity index (χ0n) is 11.1. The van der Waals surface area contributed by atoms with Crippen LogP contribution in [0.25, 0.3) is 0 Å². The van der Waals surface area contributed by atoms with Gasteiger partial charge in [0.1, 0.15) is 0 Å². The van der Waals surface area contributed by atoms with Crippen molar-refractivity contribution in [1.29, 1.82) is 0 Å². The van der Waals surface area contributed by atoms with Crippen molar-refractivity contribution in [3.8, 4) is 0 Å². The van der Waals surface area contributed by atoms with Gasteiger partial charge in [-0.3, -0.25) is 4.79 Å². The van der Waals surface area contributed by atoms with Gasteiger partial charge in [-0.2, -0.15) is 0 Å². The first kappa shape index (κ1) is 12.6. The van der Waals surface area contributed by atoms with Crippen molar-refractivity contribution in [3.63, 3.8) is 0 Å². The predicted octanol–water partition coefficient (Wildman–Crippen LogP) is 0.893. The number of carbonyl (C=O) groups excluding carboxylic acids is 1. The van der Waals surface area contributed by atoms with E-state index in [1.807, 2.05) is 12.1 Å². The second-order valence-electron chi connectivity index (χ2n) is 5.27. The fraction of sp³-hybridized carbons (Fsp3) is 0.533. The van der Waals surface area contributed by atoms with Gasteiger partial charge in [0.2, 0.25) is 0 Å². The lowest BCUT2D eigenvalue weighted by molar-refractivity contribution is 0.0734. The smallest absolute Gasteiger partial charge is 0.251 e. The number of morpholine rings is 1. The highest BCUT2D eigenvalue weighted by atomic mass is 16.5. The summed E-state index contributed by atoms with van der Waals surface area (Å²) in [5.74, 6) is 0.0158. The van der Waals surface area contributed by atoms with Gasteiger partial charge < -0.3 is 15.4 Å². The number of aryl methyl sites for hydroxylation is 2. The summed E-state index contributed by atoms with van der Waals surface area (Å²) in [6, 6.07) is 6.30. The van der Waals surface area contributed by atoms with Crippen molar-refractivity contribution in [1.82, 2.24) is 10.6 Å². The Morgan fingerprint density at radius 3 is 3.11 bits per heavy atom. The zero-order chi connectivity index (χ0) is 13.1. The van der Waals surface area contributed by atoms with E-state index in [-0.39, 0.29) is 11.9 Å². The maximum atomic E-state index is 12.1. The van der Waals surface area contributed by atoms with Gasteiger partial charge in [0.15, 0.2) is 0 Å². The van der Waals surface area contributed by atoms with Crippen molar-refractivity contribution in [2.24, 2.45) is 0 Å².